The molecule has 0 unspecified atom stereocenters. The fraction of sp³-hybridized carbons (Fsp3) is 0.444. The third-order valence-corrected chi connectivity index (χ3v) is 4.52. The minimum Gasteiger partial charge on any atom is -0.459 e. The highest BCUT2D eigenvalue weighted by atomic mass is 16.3. The van der Waals surface area contributed by atoms with E-state index >= 15 is 0 Å². The van der Waals surface area contributed by atoms with E-state index in [2.05, 4.69) is 10.2 Å². The lowest BCUT2D eigenvalue weighted by atomic mass is 10.2. The van der Waals surface area contributed by atoms with Crippen molar-refractivity contribution in [1.29, 1.82) is 0 Å². The fourth-order valence-corrected chi connectivity index (χ4v) is 3.01. The van der Waals surface area contributed by atoms with E-state index in [9.17, 15) is 14.4 Å². The molecule has 1 aliphatic heterocycles. The molecule has 0 atom stereocenters. The number of rotatable bonds is 4. The molecule has 2 aromatic heterocycles. The summed E-state index contributed by atoms with van der Waals surface area (Å²) in [6.45, 7) is 4.06. The van der Waals surface area contributed by atoms with E-state index in [0.29, 0.717) is 50.5 Å². The Bertz CT molecular complexity index is 821. The van der Waals surface area contributed by atoms with Gasteiger partial charge in [-0.2, -0.15) is 5.10 Å². The normalized spacial score (nSPS) is 15.0. The zero-order valence-electron chi connectivity index (χ0n) is 14.7. The Kier molecular flexibility index (Phi) is 5.50. The van der Waals surface area contributed by atoms with Gasteiger partial charge in [-0.3, -0.25) is 14.4 Å². The molecule has 2 aromatic rings. The standard InChI is InChI=1S/C18H22N4O4/c1-13-7-12-26-17(13)18(25)22-9-2-8-21(10-11-22)16(24)6-4-14-3-5-15(23)20-19-14/h3,5,7,12H,2,4,6,8-11H2,1H3,(H,20,23). The monoisotopic (exact) mass is 358 g/mol. The maximum atomic E-state index is 12.5. The van der Waals surface area contributed by atoms with Crippen LogP contribution in [0.3, 0.4) is 0 Å². The van der Waals surface area contributed by atoms with Gasteiger partial charge in [0.2, 0.25) is 5.91 Å². The molecule has 0 spiro atoms. The van der Waals surface area contributed by atoms with Crippen LogP contribution in [0, 0.1) is 6.92 Å². The van der Waals surface area contributed by atoms with Gasteiger partial charge in [-0.25, -0.2) is 5.10 Å². The number of nitrogens with zero attached hydrogens (tertiary/aromatic N) is 3. The third kappa shape index (κ3) is 4.19. The van der Waals surface area contributed by atoms with Gasteiger partial charge in [0.1, 0.15) is 0 Å². The Morgan fingerprint density at radius 3 is 2.62 bits per heavy atom. The summed E-state index contributed by atoms with van der Waals surface area (Å²) in [6, 6.07) is 4.80. The molecule has 1 saturated heterocycles. The van der Waals surface area contributed by atoms with Crippen LogP contribution in [0.5, 0.6) is 0 Å². The first-order valence-corrected chi connectivity index (χ1v) is 8.70. The molecular weight excluding hydrogens is 336 g/mol. The molecule has 8 heteroatoms. The van der Waals surface area contributed by atoms with E-state index in [4.69, 9.17) is 4.42 Å². The molecule has 0 bridgehead atoms. The Hall–Kier alpha value is -2.90. The molecular formula is C18H22N4O4. The molecule has 0 aliphatic carbocycles. The van der Waals surface area contributed by atoms with Gasteiger partial charge in [-0.05, 0) is 25.5 Å². The van der Waals surface area contributed by atoms with Crippen LogP contribution in [0.1, 0.15) is 34.7 Å². The summed E-state index contributed by atoms with van der Waals surface area (Å²) in [4.78, 5) is 39.5. The zero-order chi connectivity index (χ0) is 18.5. The second kappa shape index (κ2) is 7.99. The van der Waals surface area contributed by atoms with Gasteiger partial charge in [0, 0.05) is 50.7 Å². The van der Waals surface area contributed by atoms with Crippen LogP contribution in [0.2, 0.25) is 0 Å². The van der Waals surface area contributed by atoms with Crippen molar-refractivity contribution in [2.24, 2.45) is 0 Å². The maximum absolute atomic E-state index is 12.5. The fourth-order valence-electron chi connectivity index (χ4n) is 3.01. The van der Waals surface area contributed by atoms with Gasteiger partial charge in [-0.15, -0.1) is 0 Å². The van der Waals surface area contributed by atoms with E-state index < -0.39 is 0 Å². The van der Waals surface area contributed by atoms with Gasteiger partial charge in [0.15, 0.2) is 5.76 Å². The number of hydrogen-bond donors (Lipinski definition) is 1. The molecule has 0 aromatic carbocycles. The molecule has 138 valence electrons. The quantitative estimate of drug-likeness (QED) is 0.878. The van der Waals surface area contributed by atoms with E-state index in [0.717, 1.165) is 12.0 Å². The average Bonchev–Trinajstić information content (AvgIpc) is 2.92. The van der Waals surface area contributed by atoms with Crippen molar-refractivity contribution in [2.45, 2.75) is 26.2 Å². The third-order valence-electron chi connectivity index (χ3n) is 4.52. The first-order valence-electron chi connectivity index (χ1n) is 8.70. The van der Waals surface area contributed by atoms with Crippen LogP contribution in [0.15, 0.2) is 33.7 Å². The van der Waals surface area contributed by atoms with Gasteiger partial charge in [-0.1, -0.05) is 0 Å². The lowest BCUT2D eigenvalue weighted by molar-refractivity contribution is -0.131. The number of aryl methyl sites for hydroxylation is 2. The zero-order valence-corrected chi connectivity index (χ0v) is 14.7. The number of aromatic nitrogens is 2. The predicted molar refractivity (Wildman–Crippen MR) is 93.7 cm³/mol. The van der Waals surface area contributed by atoms with Gasteiger partial charge in [0.05, 0.1) is 12.0 Å². The maximum Gasteiger partial charge on any atom is 0.289 e. The summed E-state index contributed by atoms with van der Waals surface area (Å²) in [5.41, 5.74) is 1.24. The summed E-state index contributed by atoms with van der Waals surface area (Å²) in [6.07, 6.45) is 3.04. The van der Waals surface area contributed by atoms with Crippen LogP contribution in [0.25, 0.3) is 0 Å². The highest BCUT2D eigenvalue weighted by molar-refractivity contribution is 5.92. The Labute approximate surface area is 150 Å². The van der Waals surface area contributed by atoms with Crippen LogP contribution < -0.4 is 5.56 Å². The smallest absolute Gasteiger partial charge is 0.289 e. The Balaban J connectivity index is 1.53. The number of nitrogens with one attached hydrogen (secondary N) is 1. The molecule has 1 fully saturated rings. The van der Waals surface area contributed by atoms with Crippen molar-refractivity contribution in [1.82, 2.24) is 20.0 Å². The summed E-state index contributed by atoms with van der Waals surface area (Å²) < 4.78 is 5.29. The molecule has 0 saturated carbocycles. The molecule has 3 heterocycles. The van der Waals surface area contributed by atoms with Crippen LogP contribution in [-0.2, 0) is 11.2 Å². The highest BCUT2D eigenvalue weighted by Gasteiger charge is 2.25. The summed E-state index contributed by atoms with van der Waals surface area (Å²) in [7, 11) is 0. The van der Waals surface area contributed by atoms with Crippen molar-refractivity contribution in [3.63, 3.8) is 0 Å². The SMILES string of the molecule is Cc1ccoc1C(=O)N1CCCN(C(=O)CCc2ccc(=O)[nH]n2)CC1. The van der Waals surface area contributed by atoms with E-state index in [1.54, 1.807) is 21.9 Å². The first-order chi connectivity index (χ1) is 12.5. The van der Waals surface area contributed by atoms with Crippen LogP contribution in [0.4, 0.5) is 0 Å². The van der Waals surface area contributed by atoms with Gasteiger partial charge >= 0.3 is 0 Å². The average molecular weight is 358 g/mol. The number of amides is 2. The first kappa shape index (κ1) is 17.9. The molecule has 2 amide bonds. The Morgan fingerprint density at radius 1 is 1.15 bits per heavy atom. The van der Waals surface area contributed by atoms with Crippen molar-refractivity contribution >= 4 is 11.8 Å². The van der Waals surface area contributed by atoms with Crippen LogP contribution in [-0.4, -0.2) is 58.0 Å². The van der Waals surface area contributed by atoms with Crippen LogP contribution >= 0.6 is 0 Å². The van der Waals surface area contributed by atoms with Crippen molar-refractivity contribution < 1.29 is 14.0 Å². The lowest BCUT2D eigenvalue weighted by Crippen LogP contribution is -2.37. The van der Waals surface area contributed by atoms with Gasteiger partial charge in [0.25, 0.3) is 11.5 Å². The summed E-state index contributed by atoms with van der Waals surface area (Å²) >= 11 is 0. The number of hydrogen-bond acceptors (Lipinski definition) is 5. The number of carbonyl (C=O) groups excluding carboxylic acids is 2. The molecule has 3 rings (SSSR count). The molecule has 0 radical (unpaired) electrons. The van der Waals surface area contributed by atoms with Crippen molar-refractivity contribution in [2.75, 3.05) is 26.2 Å². The second-order valence-corrected chi connectivity index (χ2v) is 6.37. The largest absolute Gasteiger partial charge is 0.459 e. The minimum atomic E-state index is -0.260. The van der Waals surface area contributed by atoms with Crippen molar-refractivity contribution in [3.05, 3.63) is 51.8 Å². The number of H-pyrrole nitrogens is 1. The predicted octanol–water partition coefficient (Wildman–Crippen LogP) is 0.979. The number of furan rings is 1. The molecule has 26 heavy (non-hydrogen) atoms. The van der Waals surface area contributed by atoms with E-state index in [-0.39, 0.29) is 17.4 Å². The van der Waals surface area contributed by atoms with Gasteiger partial charge < -0.3 is 14.2 Å². The summed E-state index contributed by atoms with van der Waals surface area (Å²) in [5.74, 6) is 0.273. The molecule has 1 N–H and O–H groups in total. The topological polar surface area (TPSA) is 99.5 Å². The minimum absolute atomic E-state index is 0.0291. The Morgan fingerprint density at radius 2 is 1.92 bits per heavy atom. The molecule has 1 aliphatic rings. The number of carbonyl (C=O) groups is 2. The highest BCUT2D eigenvalue weighted by Crippen LogP contribution is 2.14. The number of aromatic amines is 1. The molecule has 8 nitrogen and oxygen atoms in total. The lowest BCUT2D eigenvalue weighted by Gasteiger charge is -2.21. The summed E-state index contributed by atoms with van der Waals surface area (Å²) in [5, 5.41) is 6.28. The van der Waals surface area contributed by atoms with E-state index in [1.165, 1.54) is 12.3 Å². The van der Waals surface area contributed by atoms with E-state index in [1.807, 2.05) is 6.92 Å². The van der Waals surface area contributed by atoms with Crippen molar-refractivity contribution in [3.8, 4) is 0 Å². The second-order valence-electron chi connectivity index (χ2n) is 6.37.